The molecule has 1 aliphatic carbocycles. The zero-order valence-electron chi connectivity index (χ0n) is 18.5. The molecule has 2 amide bonds. The predicted octanol–water partition coefficient (Wildman–Crippen LogP) is 2.78. The van der Waals surface area contributed by atoms with Gasteiger partial charge in [0.05, 0.1) is 0 Å². The third kappa shape index (κ3) is 11.8. The highest BCUT2D eigenvalue weighted by atomic mass is 16.6. The Morgan fingerprint density at radius 1 is 0.700 bits per heavy atom. The Bertz CT molecular complexity index is 504. The number of ether oxygens (including phenoxy) is 2. The molecule has 30 heavy (non-hydrogen) atoms. The van der Waals surface area contributed by atoms with Crippen molar-refractivity contribution in [2.75, 3.05) is 13.1 Å². The van der Waals surface area contributed by atoms with Gasteiger partial charge in [-0.1, -0.05) is 13.8 Å². The quantitative estimate of drug-likeness (QED) is 0.413. The Morgan fingerprint density at radius 3 is 1.47 bits per heavy atom. The van der Waals surface area contributed by atoms with Crippen LogP contribution >= 0.6 is 0 Å². The number of esters is 2. The molecular weight excluding hydrogens is 388 g/mol. The first-order valence-corrected chi connectivity index (χ1v) is 11.4. The highest BCUT2D eigenvalue weighted by Crippen LogP contribution is 2.25. The van der Waals surface area contributed by atoms with Gasteiger partial charge in [0.25, 0.3) is 0 Å². The van der Waals surface area contributed by atoms with Crippen LogP contribution in [0, 0.1) is 0 Å². The number of carbonyl (C=O) groups excluding carboxylic acids is 4. The van der Waals surface area contributed by atoms with Gasteiger partial charge in [-0.15, -0.1) is 0 Å². The van der Waals surface area contributed by atoms with E-state index in [-0.39, 0.29) is 36.6 Å². The summed E-state index contributed by atoms with van der Waals surface area (Å²) < 4.78 is 11.1. The van der Waals surface area contributed by atoms with Crippen LogP contribution in [0.1, 0.15) is 90.9 Å². The van der Waals surface area contributed by atoms with Crippen LogP contribution in [0.2, 0.25) is 0 Å². The first kappa shape index (κ1) is 25.9. The summed E-state index contributed by atoms with van der Waals surface area (Å²) in [7, 11) is 0. The largest absolute Gasteiger partial charge is 0.458 e. The Kier molecular flexibility index (Phi) is 13.5. The summed E-state index contributed by atoms with van der Waals surface area (Å²) in [6.45, 7) is 5.24. The zero-order valence-corrected chi connectivity index (χ0v) is 18.5. The molecule has 8 nitrogen and oxygen atoms in total. The third-order valence-corrected chi connectivity index (χ3v) is 4.92. The molecular formula is C22H38N2O6. The maximum atomic E-state index is 12.1. The van der Waals surface area contributed by atoms with Gasteiger partial charge in [-0.3, -0.25) is 19.2 Å². The van der Waals surface area contributed by atoms with Crippen LogP contribution in [0.25, 0.3) is 0 Å². The fourth-order valence-electron chi connectivity index (χ4n) is 3.28. The summed E-state index contributed by atoms with van der Waals surface area (Å²) in [4.78, 5) is 47.4. The minimum Gasteiger partial charge on any atom is -0.458 e. The van der Waals surface area contributed by atoms with Crippen LogP contribution in [0.5, 0.6) is 0 Å². The molecule has 1 fully saturated rings. The van der Waals surface area contributed by atoms with E-state index in [1.54, 1.807) is 0 Å². The van der Waals surface area contributed by atoms with Gasteiger partial charge in [-0.2, -0.15) is 0 Å². The summed E-state index contributed by atoms with van der Waals surface area (Å²) in [5, 5.41) is 5.55. The van der Waals surface area contributed by atoms with Gasteiger partial charge in [0.1, 0.15) is 12.2 Å². The average Bonchev–Trinajstić information content (AvgIpc) is 2.72. The van der Waals surface area contributed by atoms with Crippen molar-refractivity contribution in [1.82, 2.24) is 10.6 Å². The molecule has 0 aromatic rings. The fraction of sp³-hybridized carbons (Fsp3) is 0.818. The smallest absolute Gasteiger partial charge is 0.306 e. The lowest BCUT2D eigenvalue weighted by molar-refractivity contribution is -0.171. The maximum absolute atomic E-state index is 12.1. The number of hydrogen-bond acceptors (Lipinski definition) is 6. The van der Waals surface area contributed by atoms with Crippen molar-refractivity contribution in [3.8, 4) is 0 Å². The summed E-state index contributed by atoms with van der Waals surface area (Å²) in [6.07, 6.45) is 5.86. The van der Waals surface area contributed by atoms with E-state index in [0.29, 0.717) is 51.6 Å². The number of nitrogens with one attached hydrogen (secondary N) is 2. The number of hydrogen-bond donors (Lipinski definition) is 2. The minimum atomic E-state index is -0.433. The van der Waals surface area contributed by atoms with Crippen LogP contribution in [0.15, 0.2) is 0 Å². The van der Waals surface area contributed by atoms with Crippen LogP contribution in [0.3, 0.4) is 0 Å². The zero-order chi connectivity index (χ0) is 22.2. The summed E-state index contributed by atoms with van der Waals surface area (Å²) in [5.41, 5.74) is 0. The first-order chi connectivity index (χ1) is 14.5. The molecule has 0 aliphatic heterocycles. The molecule has 0 spiro atoms. The standard InChI is InChI=1S/C22H38N2O6/c1-3-15-23-19(25)11-7-13-21(27)29-17-9-5-6-10-18(17)30-22(28)14-8-12-20(26)24-16-4-2/h17-18H,3-16H2,1-2H3,(H,23,25)(H,24,26). The lowest BCUT2D eigenvalue weighted by Crippen LogP contribution is -2.38. The third-order valence-electron chi connectivity index (χ3n) is 4.92. The van der Waals surface area contributed by atoms with Crippen molar-refractivity contribution < 1.29 is 28.7 Å². The van der Waals surface area contributed by atoms with Gasteiger partial charge in [-0.05, 0) is 51.4 Å². The molecule has 0 heterocycles. The van der Waals surface area contributed by atoms with E-state index in [0.717, 1.165) is 25.7 Å². The molecule has 0 radical (unpaired) electrons. The highest BCUT2D eigenvalue weighted by Gasteiger charge is 2.31. The normalized spacial score (nSPS) is 18.3. The van der Waals surface area contributed by atoms with Crippen LogP contribution in [-0.4, -0.2) is 49.1 Å². The number of amides is 2. The van der Waals surface area contributed by atoms with Crippen molar-refractivity contribution in [3.63, 3.8) is 0 Å². The topological polar surface area (TPSA) is 111 Å². The molecule has 1 rings (SSSR count). The van der Waals surface area contributed by atoms with E-state index in [9.17, 15) is 19.2 Å². The molecule has 172 valence electrons. The Hall–Kier alpha value is -2.12. The molecule has 0 aromatic heterocycles. The van der Waals surface area contributed by atoms with E-state index in [1.807, 2.05) is 13.8 Å². The van der Waals surface area contributed by atoms with Gasteiger partial charge >= 0.3 is 11.9 Å². The van der Waals surface area contributed by atoms with Crippen LogP contribution in [-0.2, 0) is 28.7 Å². The van der Waals surface area contributed by atoms with E-state index in [1.165, 1.54) is 0 Å². The van der Waals surface area contributed by atoms with Crippen molar-refractivity contribution in [2.45, 2.75) is 103 Å². The second-order valence-electron chi connectivity index (χ2n) is 7.75. The van der Waals surface area contributed by atoms with Crippen molar-refractivity contribution in [2.24, 2.45) is 0 Å². The Morgan fingerprint density at radius 2 is 1.10 bits per heavy atom. The molecule has 2 unspecified atom stereocenters. The predicted molar refractivity (Wildman–Crippen MR) is 113 cm³/mol. The van der Waals surface area contributed by atoms with E-state index in [2.05, 4.69) is 10.6 Å². The monoisotopic (exact) mass is 426 g/mol. The fourth-order valence-corrected chi connectivity index (χ4v) is 3.28. The molecule has 0 saturated heterocycles. The highest BCUT2D eigenvalue weighted by molar-refractivity contribution is 5.77. The van der Waals surface area contributed by atoms with Crippen LogP contribution < -0.4 is 10.6 Å². The minimum absolute atomic E-state index is 0.0579. The average molecular weight is 427 g/mol. The van der Waals surface area contributed by atoms with Crippen molar-refractivity contribution in [1.29, 1.82) is 0 Å². The molecule has 2 atom stereocenters. The van der Waals surface area contributed by atoms with Gasteiger partial charge in [0.15, 0.2) is 0 Å². The molecule has 0 bridgehead atoms. The summed E-state index contributed by atoms with van der Waals surface area (Å²) in [6, 6.07) is 0. The van der Waals surface area contributed by atoms with Gasteiger partial charge in [-0.25, -0.2) is 0 Å². The lowest BCUT2D eigenvalue weighted by atomic mass is 9.94. The Balaban J connectivity index is 2.30. The SMILES string of the molecule is CCCNC(=O)CCCC(=O)OC1CCCCC1OC(=O)CCCC(=O)NCCC. The summed E-state index contributed by atoms with van der Waals surface area (Å²) >= 11 is 0. The lowest BCUT2D eigenvalue weighted by Gasteiger charge is -2.30. The van der Waals surface area contributed by atoms with E-state index < -0.39 is 12.2 Å². The Labute approximate surface area is 179 Å². The molecule has 1 saturated carbocycles. The second-order valence-corrected chi connectivity index (χ2v) is 7.75. The van der Waals surface area contributed by atoms with Gasteiger partial charge in [0, 0.05) is 38.8 Å². The van der Waals surface area contributed by atoms with E-state index in [4.69, 9.17) is 9.47 Å². The molecule has 0 aromatic carbocycles. The molecule has 2 N–H and O–H groups in total. The van der Waals surface area contributed by atoms with Crippen molar-refractivity contribution >= 4 is 23.8 Å². The van der Waals surface area contributed by atoms with Crippen LogP contribution in [0.4, 0.5) is 0 Å². The summed E-state index contributed by atoms with van der Waals surface area (Å²) in [5.74, 6) is -0.840. The molecule has 1 aliphatic rings. The molecule has 8 heteroatoms. The van der Waals surface area contributed by atoms with Crippen molar-refractivity contribution in [3.05, 3.63) is 0 Å². The number of rotatable bonds is 14. The van der Waals surface area contributed by atoms with Gasteiger partial charge < -0.3 is 20.1 Å². The second kappa shape index (κ2) is 15.7. The van der Waals surface area contributed by atoms with E-state index >= 15 is 0 Å². The number of carbonyl (C=O) groups is 4. The maximum Gasteiger partial charge on any atom is 0.306 e. The van der Waals surface area contributed by atoms with Gasteiger partial charge in [0.2, 0.25) is 11.8 Å². The first-order valence-electron chi connectivity index (χ1n) is 11.4.